The first-order valence-electron chi connectivity index (χ1n) is 13.0. The van der Waals surface area contributed by atoms with Crippen molar-refractivity contribution >= 4 is 11.6 Å². The lowest BCUT2D eigenvalue weighted by atomic mass is 10.1. The predicted octanol–water partition coefficient (Wildman–Crippen LogP) is 5.83. The third-order valence-corrected chi connectivity index (χ3v) is 6.42. The number of nitrogens with zero attached hydrogens (tertiary/aromatic N) is 3. The van der Waals surface area contributed by atoms with Crippen molar-refractivity contribution < 1.29 is 23.7 Å². The van der Waals surface area contributed by atoms with Crippen molar-refractivity contribution in [2.45, 2.75) is 6.42 Å². The van der Waals surface area contributed by atoms with E-state index in [9.17, 15) is 4.79 Å². The Labute approximate surface area is 238 Å². The maximum absolute atomic E-state index is 12.7. The third kappa shape index (κ3) is 6.65. The van der Waals surface area contributed by atoms with E-state index in [1.165, 1.54) is 0 Å². The molecule has 1 heterocycles. The second kappa shape index (κ2) is 12.7. The van der Waals surface area contributed by atoms with Crippen molar-refractivity contribution in [1.82, 2.24) is 14.8 Å². The van der Waals surface area contributed by atoms with Crippen LogP contribution in [0.5, 0.6) is 23.3 Å². The standard InChI is InChI=1S/C32H30N4O5/c1-38-27-15-7-22(8-16-27)19-20-41-32-34-30(23-9-17-28(39-2)18-10-23)36(35-32)26-13-11-25(12-14-26)33-31(37)24-5-4-6-29(21-24)40-3/h4-18,21H,19-20H2,1-3H3,(H,33,37). The first kappa shape index (κ1) is 27.3. The molecule has 0 radical (unpaired) electrons. The van der Waals surface area contributed by atoms with Gasteiger partial charge in [-0.3, -0.25) is 4.79 Å². The lowest BCUT2D eigenvalue weighted by Crippen LogP contribution is -2.12. The van der Waals surface area contributed by atoms with E-state index in [4.69, 9.17) is 18.9 Å². The van der Waals surface area contributed by atoms with Gasteiger partial charge in [-0.05, 0) is 84.4 Å². The Kier molecular flexibility index (Phi) is 8.44. The number of hydrogen-bond acceptors (Lipinski definition) is 7. The topological polar surface area (TPSA) is 96.7 Å². The van der Waals surface area contributed by atoms with Gasteiger partial charge in [0.1, 0.15) is 17.2 Å². The maximum atomic E-state index is 12.7. The Morgan fingerprint density at radius 1 is 0.780 bits per heavy atom. The molecule has 0 atom stereocenters. The summed E-state index contributed by atoms with van der Waals surface area (Å²) in [7, 11) is 4.84. The van der Waals surface area contributed by atoms with Crippen molar-refractivity contribution in [3.63, 3.8) is 0 Å². The van der Waals surface area contributed by atoms with Crippen molar-refractivity contribution in [2.75, 3.05) is 33.3 Å². The Morgan fingerprint density at radius 2 is 1.44 bits per heavy atom. The Morgan fingerprint density at radius 3 is 2.10 bits per heavy atom. The lowest BCUT2D eigenvalue weighted by molar-refractivity contribution is 0.102. The normalized spacial score (nSPS) is 10.6. The zero-order valence-electron chi connectivity index (χ0n) is 23.0. The predicted molar refractivity (Wildman–Crippen MR) is 156 cm³/mol. The smallest absolute Gasteiger partial charge is 0.336 e. The van der Waals surface area contributed by atoms with Crippen LogP contribution >= 0.6 is 0 Å². The van der Waals surface area contributed by atoms with Crippen molar-refractivity contribution in [3.8, 4) is 40.3 Å². The average Bonchev–Trinajstić information content (AvgIpc) is 3.46. The first-order valence-corrected chi connectivity index (χ1v) is 13.0. The summed E-state index contributed by atoms with van der Waals surface area (Å²) in [5, 5.41) is 7.56. The van der Waals surface area contributed by atoms with Gasteiger partial charge in [0.05, 0.1) is 33.6 Å². The van der Waals surface area contributed by atoms with Gasteiger partial charge in [0.2, 0.25) is 0 Å². The molecule has 0 unspecified atom stereocenters. The number of hydrogen-bond donors (Lipinski definition) is 1. The van der Waals surface area contributed by atoms with Gasteiger partial charge >= 0.3 is 6.01 Å². The molecule has 0 spiro atoms. The first-order chi connectivity index (χ1) is 20.1. The molecule has 5 rings (SSSR count). The summed E-state index contributed by atoms with van der Waals surface area (Å²) in [5.41, 5.74) is 3.87. The van der Waals surface area contributed by atoms with Gasteiger partial charge in [-0.1, -0.05) is 18.2 Å². The minimum Gasteiger partial charge on any atom is -0.497 e. The van der Waals surface area contributed by atoms with Crippen LogP contribution in [0.1, 0.15) is 15.9 Å². The summed E-state index contributed by atoms with van der Waals surface area (Å²) < 4.78 is 23.4. The number of nitrogens with one attached hydrogen (secondary N) is 1. The molecule has 5 aromatic rings. The van der Waals surface area contributed by atoms with E-state index in [1.54, 1.807) is 50.3 Å². The number of carbonyl (C=O) groups excluding carboxylic acids is 1. The molecule has 1 N–H and O–H groups in total. The van der Waals surface area contributed by atoms with Gasteiger partial charge in [0.25, 0.3) is 5.91 Å². The number of aromatic nitrogens is 3. The molecule has 208 valence electrons. The fourth-order valence-electron chi connectivity index (χ4n) is 4.17. The molecule has 0 aliphatic carbocycles. The second-order valence-corrected chi connectivity index (χ2v) is 9.04. The largest absolute Gasteiger partial charge is 0.497 e. The van der Waals surface area contributed by atoms with Crippen LogP contribution in [0.15, 0.2) is 97.1 Å². The van der Waals surface area contributed by atoms with Crippen LogP contribution in [-0.4, -0.2) is 48.6 Å². The Balaban J connectivity index is 1.35. The third-order valence-electron chi connectivity index (χ3n) is 6.42. The minimum atomic E-state index is -0.233. The SMILES string of the molecule is COc1ccc(CCOc2nc(-c3ccc(OC)cc3)n(-c3ccc(NC(=O)c4cccc(OC)c4)cc3)n2)cc1. The summed E-state index contributed by atoms with van der Waals surface area (Å²) in [5.74, 6) is 2.55. The van der Waals surface area contributed by atoms with Gasteiger partial charge in [-0.15, -0.1) is 5.10 Å². The molecule has 0 fully saturated rings. The van der Waals surface area contributed by atoms with E-state index >= 15 is 0 Å². The molecule has 0 bridgehead atoms. The fourth-order valence-corrected chi connectivity index (χ4v) is 4.17. The molecule has 0 saturated carbocycles. The highest BCUT2D eigenvalue weighted by Gasteiger charge is 2.16. The number of amides is 1. The number of methoxy groups -OCH3 is 3. The number of ether oxygens (including phenoxy) is 4. The van der Waals surface area contributed by atoms with Crippen LogP contribution in [0.2, 0.25) is 0 Å². The molecule has 9 nitrogen and oxygen atoms in total. The molecule has 0 saturated heterocycles. The maximum Gasteiger partial charge on any atom is 0.336 e. The monoisotopic (exact) mass is 550 g/mol. The highest BCUT2D eigenvalue weighted by Crippen LogP contribution is 2.26. The summed E-state index contributed by atoms with van der Waals surface area (Å²) in [6.45, 7) is 0.410. The summed E-state index contributed by atoms with van der Waals surface area (Å²) >= 11 is 0. The van der Waals surface area contributed by atoms with Crippen LogP contribution in [0.3, 0.4) is 0 Å². The van der Waals surface area contributed by atoms with Gasteiger partial charge in [-0.25, -0.2) is 4.68 Å². The fraction of sp³-hybridized carbons (Fsp3) is 0.156. The van der Waals surface area contributed by atoms with E-state index in [-0.39, 0.29) is 11.9 Å². The molecule has 41 heavy (non-hydrogen) atoms. The average molecular weight is 551 g/mol. The Bertz CT molecular complexity index is 1600. The van der Waals surface area contributed by atoms with E-state index in [1.807, 2.05) is 72.8 Å². The minimum absolute atomic E-state index is 0.233. The Hall–Kier alpha value is -5.31. The van der Waals surface area contributed by atoms with Crippen LogP contribution in [0, 0.1) is 0 Å². The van der Waals surface area contributed by atoms with E-state index in [2.05, 4.69) is 15.4 Å². The number of anilines is 1. The number of carbonyl (C=O) groups is 1. The van der Waals surface area contributed by atoms with Crippen molar-refractivity contribution in [1.29, 1.82) is 0 Å². The van der Waals surface area contributed by atoms with Gasteiger partial charge < -0.3 is 24.3 Å². The van der Waals surface area contributed by atoms with Gasteiger partial charge in [0, 0.05) is 23.2 Å². The van der Waals surface area contributed by atoms with Crippen LogP contribution in [0.4, 0.5) is 5.69 Å². The molecule has 4 aromatic carbocycles. The molecular weight excluding hydrogens is 520 g/mol. The lowest BCUT2D eigenvalue weighted by Gasteiger charge is -2.09. The zero-order valence-corrected chi connectivity index (χ0v) is 23.0. The molecule has 1 amide bonds. The van der Waals surface area contributed by atoms with Crippen LogP contribution in [-0.2, 0) is 6.42 Å². The quantitative estimate of drug-likeness (QED) is 0.221. The number of benzene rings is 4. The molecular formula is C32H30N4O5. The molecule has 1 aromatic heterocycles. The van der Waals surface area contributed by atoms with Gasteiger partial charge in [-0.2, -0.15) is 4.98 Å². The summed E-state index contributed by atoms with van der Waals surface area (Å²) in [4.78, 5) is 17.4. The van der Waals surface area contributed by atoms with Gasteiger partial charge in [0.15, 0.2) is 5.82 Å². The van der Waals surface area contributed by atoms with Crippen molar-refractivity contribution in [2.24, 2.45) is 0 Å². The second-order valence-electron chi connectivity index (χ2n) is 9.04. The molecule has 9 heteroatoms. The van der Waals surface area contributed by atoms with E-state index < -0.39 is 0 Å². The van der Waals surface area contributed by atoms with Crippen LogP contribution in [0.25, 0.3) is 17.1 Å². The van der Waals surface area contributed by atoms with E-state index in [0.717, 1.165) is 28.3 Å². The highest BCUT2D eigenvalue weighted by molar-refractivity contribution is 6.04. The summed E-state index contributed by atoms with van der Waals surface area (Å²) in [6.07, 6.45) is 0.693. The summed E-state index contributed by atoms with van der Waals surface area (Å²) in [6, 6.07) is 30.1. The van der Waals surface area contributed by atoms with Crippen molar-refractivity contribution in [3.05, 3.63) is 108 Å². The van der Waals surface area contributed by atoms with E-state index in [0.29, 0.717) is 35.9 Å². The zero-order chi connectivity index (χ0) is 28.6. The number of rotatable bonds is 11. The molecule has 0 aliphatic rings. The molecule has 0 aliphatic heterocycles. The van der Waals surface area contributed by atoms with Crippen LogP contribution < -0.4 is 24.3 Å². The highest BCUT2D eigenvalue weighted by atomic mass is 16.5.